The second-order valence-electron chi connectivity index (χ2n) is 35.4. The number of rotatable bonds is 39. The number of nitrogens with one attached hydrogen (secondary N) is 2. The van der Waals surface area contributed by atoms with Gasteiger partial charge < -0.3 is 50.1 Å². The van der Waals surface area contributed by atoms with Gasteiger partial charge in [-0.1, -0.05) is 250 Å². The number of hydrogen-bond acceptors (Lipinski definition) is 17. The molecule has 0 bridgehead atoms. The number of benzene rings is 8. The molecule has 20 nitrogen and oxygen atoms in total. The van der Waals surface area contributed by atoms with Gasteiger partial charge in [0.15, 0.2) is 5.78 Å². The van der Waals surface area contributed by atoms with Gasteiger partial charge in [0.1, 0.15) is 42.3 Å². The van der Waals surface area contributed by atoms with E-state index in [4.69, 9.17) is 14.6 Å². The van der Waals surface area contributed by atoms with E-state index in [1.807, 2.05) is 146 Å². The molecule has 0 aliphatic carbocycles. The highest BCUT2D eigenvalue weighted by atomic mass is 32.1. The molecular weight excluding hydrogens is 1660 g/mol. The van der Waals surface area contributed by atoms with E-state index in [1.165, 1.54) is 54.3 Å². The Morgan fingerprint density at radius 1 is 0.496 bits per heavy atom. The lowest BCUT2D eigenvalue weighted by molar-refractivity contribution is -0.146. The number of ether oxygens (including phenoxy) is 2. The Hall–Kier alpha value is -11.7. The summed E-state index contributed by atoms with van der Waals surface area (Å²) in [6.45, 7) is 22.3. The number of allylic oxidation sites excluding steroid dienone is 2. The molecule has 0 unspecified atom stereocenters. The molecule has 12 rings (SSSR count). The van der Waals surface area contributed by atoms with Gasteiger partial charge in [-0.25, -0.2) is 9.97 Å². The number of carboxylic acid groups (broad SMARTS) is 1. The van der Waals surface area contributed by atoms with Crippen molar-refractivity contribution < 1.29 is 63.1 Å². The number of β-amino-alcohol motifs (C(OH)–C–C–N with tert-alkyl or cyclic N) is 2. The second-order valence-corrected chi connectivity index (χ2v) is 37.1. The molecular formula is C107H127N7O13S2. The molecule has 0 saturated carbocycles. The molecule has 2 saturated heterocycles. The lowest BCUT2D eigenvalue weighted by atomic mass is 9.76. The molecule has 8 aromatic carbocycles. The number of nitrogens with zero attached hydrogens (tertiary/aromatic N) is 5. The van der Waals surface area contributed by atoms with E-state index in [0.29, 0.717) is 38.3 Å². The van der Waals surface area contributed by atoms with Crippen molar-refractivity contribution in [1.82, 2.24) is 35.3 Å². The molecule has 4 amide bonds. The molecule has 10 aromatic rings. The summed E-state index contributed by atoms with van der Waals surface area (Å²) in [7, 11) is 3.66. The molecule has 4 heterocycles. The van der Waals surface area contributed by atoms with Crippen molar-refractivity contribution in [3.63, 3.8) is 0 Å². The van der Waals surface area contributed by atoms with Gasteiger partial charge in [-0.05, 0) is 166 Å². The fourth-order valence-electron chi connectivity index (χ4n) is 16.5. The average molecular weight is 1780 g/mol. The normalized spacial score (nSPS) is 15.8. The minimum absolute atomic E-state index is 0.0129. The number of carboxylic acids is 1. The van der Waals surface area contributed by atoms with Crippen LogP contribution in [0, 0.1) is 36.5 Å². The van der Waals surface area contributed by atoms with Crippen LogP contribution in [0.3, 0.4) is 0 Å². The standard InChI is InChI=1S/C53H62N4O6S.C29H38N2O6S.C25H27NO/c1-7-45(38-15-10-8-11-16-38)49(39-17-12-9-13-18-39)40-25-27-44(28-26-40)63-30-29-56(6)48(60)20-14-19-42(58)31-46(53(3,4)5)52(62)57-34-43(59)32-47(57)51(61)54-33-37-21-23-41(24-22-37)50-36(2)55-35-64-50;1-18-27(38-17-30-18)20-11-8-19(9-12-20)10-13-25(34)24-15-22(33)16-31(24)28(37)23(29(2,3)4)14-21(32)6-5-7-26(35)36;1-3-24(20-10-6-4-7-11-20)25(21-12-8-5-9-13-21)22-14-16-23(17-15-22)27-19-18-26-2/h8-13,15-18,21-28,35,43,46-47,59H,7,14,19-20,29-34H2,1-6H3,(H,54,61);8-9,11-12,17,22-24,33H,5-7,10,13-16H2,1-4H3,(H,35,36);4-17,26H,3,18-19H2,1-2H3/b49-45-;;25-24-/t43-,46-,47+;22-,23-,24+;/m11./s1. The van der Waals surface area contributed by atoms with E-state index in [1.54, 1.807) is 34.6 Å². The zero-order valence-corrected chi connectivity index (χ0v) is 78.4. The Labute approximate surface area is 769 Å². The quantitative estimate of drug-likeness (QED) is 0.0177. The Morgan fingerprint density at radius 2 is 0.891 bits per heavy atom. The van der Waals surface area contributed by atoms with Crippen molar-refractivity contribution >= 4 is 91.9 Å². The third kappa shape index (κ3) is 28.9. The molecule has 680 valence electrons. The third-order valence-electron chi connectivity index (χ3n) is 23.8. The molecule has 6 atom stereocenters. The summed E-state index contributed by atoms with van der Waals surface area (Å²) in [5, 5.41) is 35.9. The topological polar surface area (TPSA) is 275 Å². The van der Waals surface area contributed by atoms with Gasteiger partial charge in [-0.2, -0.15) is 0 Å². The number of likely N-dealkylation sites (tertiary alicyclic amines) is 2. The van der Waals surface area contributed by atoms with E-state index in [9.17, 15) is 48.6 Å². The van der Waals surface area contributed by atoms with Crippen molar-refractivity contribution in [1.29, 1.82) is 0 Å². The predicted molar refractivity (Wildman–Crippen MR) is 516 cm³/mol. The van der Waals surface area contributed by atoms with Crippen molar-refractivity contribution in [2.45, 2.75) is 190 Å². The lowest BCUT2D eigenvalue weighted by Gasteiger charge is -2.34. The number of hydrogen-bond donors (Lipinski definition) is 5. The molecule has 22 heteroatoms. The van der Waals surface area contributed by atoms with Crippen molar-refractivity contribution in [3.05, 3.63) is 285 Å². The minimum atomic E-state index is -0.959. The molecule has 2 aromatic heterocycles. The highest BCUT2D eigenvalue weighted by Gasteiger charge is 2.46. The fourth-order valence-corrected chi connectivity index (χ4v) is 18.1. The van der Waals surface area contributed by atoms with Crippen molar-refractivity contribution in [2.75, 3.05) is 53.5 Å². The summed E-state index contributed by atoms with van der Waals surface area (Å²) in [5.74, 6) is -2.15. The maximum absolute atomic E-state index is 14.1. The Morgan fingerprint density at radius 3 is 1.29 bits per heavy atom. The predicted octanol–water partition coefficient (Wildman–Crippen LogP) is 19.5. The lowest BCUT2D eigenvalue weighted by Crippen LogP contribution is -2.50. The highest BCUT2D eigenvalue weighted by molar-refractivity contribution is 7.13. The summed E-state index contributed by atoms with van der Waals surface area (Å²) >= 11 is 3.17. The van der Waals surface area contributed by atoms with Gasteiger partial charge in [0.05, 0.1) is 57.0 Å². The van der Waals surface area contributed by atoms with Crippen LogP contribution in [-0.2, 0) is 51.3 Å². The van der Waals surface area contributed by atoms with Crippen LogP contribution in [0.4, 0.5) is 0 Å². The van der Waals surface area contributed by atoms with Crippen LogP contribution >= 0.6 is 22.7 Å². The number of amides is 4. The molecule has 2 fully saturated rings. The van der Waals surface area contributed by atoms with Crippen LogP contribution in [0.2, 0.25) is 0 Å². The first-order chi connectivity index (χ1) is 61.9. The SMILES string of the molecule is CC/C(=C(\c1ccccc1)c1ccc(OCCN(C)C(=O)CCCC(=O)C[C@H](C(=O)N2C[C@H](O)C[C@H]2C(=O)NCc2ccc(-c3scnc3C)cc2)C(C)(C)C)cc1)c1ccccc1.CC/C(=C(\c1ccccc1)c1ccc(OCCNC)cc1)c1ccccc1.Cc1ncsc1-c1ccc(CCC(=O)[C@@H]2C[C@@H](O)CN2C(=O)[C@@H](CC(=O)CCCC(=O)O)C(C)(C)C)cc1. The number of likely N-dealkylation sites (N-methyl/N-ethyl adjacent to an activating group) is 2. The van der Waals surface area contributed by atoms with E-state index < -0.39 is 52.9 Å². The first-order valence-corrected chi connectivity index (χ1v) is 46.7. The molecule has 0 spiro atoms. The summed E-state index contributed by atoms with van der Waals surface area (Å²) in [5.41, 5.74) is 20.8. The molecule has 0 radical (unpaired) electrons. The van der Waals surface area contributed by atoms with E-state index in [0.717, 1.165) is 79.7 Å². The maximum Gasteiger partial charge on any atom is 0.303 e. The Bertz CT molecular complexity index is 5380. The number of aliphatic hydroxyl groups excluding tert-OH is 2. The fraction of sp³-hybridized carbons (Fsp3) is 0.383. The van der Waals surface area contributed by atoms with Gasteiger partial charge in [0.25, 0.3) is 0 Å². The summed E-state index contributed by atoms with van der Waals surface area (Å²) in [4.78, 5) is 120. The maximum atomic E-state index is 14.1. The first-order valence-electron chi connectivity index (χ1n) is 45.0. The average Bonchev–Trinajstić information content (AvgIpc) is 1.42. The monoisotopic (exact) mass is 1780 g/mol. The summed E-state index contributed by atoms with van der Waals surface area (Å²) < 4.78 is 11.8. The van der Waals surface area contributed by atoms with E-state index >= 15 is 0 Å². The van der Waals surface area contributed by atoms with Crippen LogP contribution in [-0.4, -0.2) is 165 Å². The van der Waals surface area contributed by atoms with Gasteiger partial charge in [0.2, 0.25) is 23.6 Å². The second kappa shape index (κ2) is 48.7. The number of ketones is 3. The number of thiazole rings is 2. The number of carbonyl (C=O) groups excluding carboxylic acids is 7. The minimum Gasteiger partial charge on any atom is -0.492 e. The number of carbonyl (C=O) groups is 8. The number of aromatic nitrogens is 2. The number of Topliss-reactive ketones (excluding diaryl/α,β-unsaturated/α-hetero) is 3. The Kier molecular flexibility index (Phi) is 37.5. The van der Waals surface area contributed by atoms with Crippen LogP contribution in [0.5, 0.6) is 11.5 Å². The van der Waals surface area contributed by atoms with Crippen molar-refractivity contribution in [3.8, 4) is 32.4 Å². The van der Waals surface area contributed by atoms with Crippen LogP contribution in [0.25, 0.3) is 43.2 Å². The van der Waals surface area contributed by atoms with Crippen LogP contribution in [0.15, 0.2) is 229 Å². The van der Waals surface area contributed by atoms with Crippen LogP contribution < -0.4 is 20.1 Å². The smallest absolute Gasteiger partial charge is 0.303 e. The van der Waals surface area contributed by atoms with E-state index in [2.05, 4.69) is 180 Å². The van der Waals surface area contributed by atoms with Gasteiger partial charge in [0, 0.05) is 103 Å². The summed E-state index contributed by atoms with van der Waals surface area (Å²) in [6, 6.07) is 73.1. The van der Waals surface area contributed by atoms with Gasteiger partial charge in [-0.15, -0.1) is 22.7 Å². The molecule has 2 aliphatic heterocycles. The first kappa shape index (κ1) is 99.5. The zero-order chi connectivity index (χ0) is 92.7. The number of aliphatic hydroxyl groups is 2. The third-order valence-corrected chi connectivity index (χ3v) is 25.8. The van der Waals surface area contributed by atoms with Gasteiger partial charge >= 0.3 is 5.97 Å². The summed E-state index contributed by atoms with van der Waals surface area (Å²) in [6.07, 6.45) is 2.20. The largest absolute Gasteiger partial charge is 0.492 e. The number of aliphatic carboxylic acids is 1. The molecule has 5 N–H and O–H groups in total. The van der Waals surface area contributed by atoms with E-state index in [-0.39, 0.29) is 125 Å². The Balaban J connectivity index is 0.000000224. The highest BCUT2D eigenvalue weighted by Crippen LogP contribution is 2.41. The van der Waals surface area contributed by atoms with Crippen molar-refractivity contribution in [2.24, 2.45) is 22.7 Å². The number of aryl methyl sites for hydroxylation is 3. The molecule has 2 aliphatic rings. The molecule has 129 heavy (non-hydrogen) atoms. The van der Waals surface area contributed by atoms with Crippen LogP contribution in [0.1, 0.15) is 195 Å². The zero-order valence-electron chi connectivity index (χ0n) is 76.7. The van der Waals surface area contributed by atoms with Gasteiger partial charge in [-0.3, -0.25) is 38.4 Å².